The molecule has 116 valence electrons. The van der Waals surface area contributed by atoms with Crippen LogP contribution >= 0.6 is 0 Å². The van der Waals surface area contributed by atoms with E-state index in [1.807, 2.05) is 19.9 Å². The number of benzene rings is 1. The standard InChI is InChI=1S/C17H19NO4/c1-11-7-12(2)9-14(8-11)17(20)22-13(3)16(19)18-10-15-5-4-6-21-15/h4-9,13H,10H2,1-3H3,(H,18,19)/t13-/m1/s1. The first kappa shape index (κ1) is 15.8. The van der Waals surface area contributed by atoms with E-state index < -0.39 is 12.1 Å². The zero-order valence-electron chi connectivity index (χ0n) is 12.9. The van der Waals surface area contributed by atoms with Crippen molar-refractivity contribution >= 4 is 11.9 Å². The Morgan fingerprint density at radius 2 is 1.91 bits per heavy atom. The van der Waals surface area contributed by atoms with Gasteiger partial charge in [0.25, 0.3) is 5.91 Å². The Labute approximate surface area is 129 Å². The van der Waals surface area contributed by atoms with E-state index in [1.54, 1.807) is 24.3 Å². The molecule has 1 atom stereocenters. The number of amides is 1. The number of esters is 1. The Kier molecular flexibility index (Phi) is 4.99. The molecular weight excluding hydrogens is 282 g/mol. The Balaban J connectivity index is 1.91. The molecule has 22 heavy (non-hydrogen) atoms. The average Bonchev–Trinajstić information content (AvgIpc) is 2.96. The van der Waals surface area contributed by atoms with Crippen molar-refractivity contribution < 1.29 is 18.7 Å². The minimum atomic E-state index is -0.872. The maximum absolute atomic E-state index is 12.1. The van der Waals surface area contributed by atoms with Crippen LogP contribution < -0.4 is 5.32 Å². The van der Waals surface area contributed by atoms with Crippen molar-refractivity contribution in [2.45, 2.75) is 33.4 Å². The fourth-order valence-electron chi connectivity index (χ4n) is 2.11. The van der Waals surface area contributed by atoms with Crippen LogP contribution in [0.1, 0.15) is 34.2 Å². The lowest BCUT2D eigenvalue weighted by molar-refractivity contribution is -0.129. The topological polar surface area (TPSA) is 68.5 Å². The van der Waals surface area contributed by atoms with Gasteiger partial charge >= 0.3 is 5.97 Å². The minimum absolute atomic E-state index is 0.261. The maximum atomic E-state index is 12.1. The molecule has 0 saturated carbocycles. The molecule has 0 fully saturated rings. The summed E-state index contributed by atoms with van der Waals surface area (Å²) in [6.07, 6.45) is 0.661. The summed E-state index contributed by atoms with van der Waals surface area (Å²) in [6.45, 7) is 5.61. The van der Waals surface area contributed by atoms with E-state index >= 15 is 0 Å². The largest absolute Gasteiger partial charge is 0.467 e. The van der Waals surface area contributed by atoms with Gasteiger partial charge < -0.3 is 14.5 Å². The predicted octanol–water partition coefficient (Wildman–Crippen LogP) is 2.76. The number of furan rings is 1. The second kappa shape index (κ2) is 6.93. The molecule has 2 rings (SSSR count). The van der Waals surface area contributed by atoms with Crippen molar-refractivity contribution in [3.05, 3.63) is 59.0 Å². The van der Waals surface area contributed by atoms with Crippen molar-refractivity contribution in [3.63, 3.8) is 0 Å². The molecule has 1 heterocycles. The van der Waals surface area contributed by atoms with Gasteiger partial charge in [-0.05, 0) is 45.0 Å². The molecule has 1 aromatic heterocycles. The summed E-state index contributed by atoms with van der Waals surface area (Å²) < 4.78 is 10.3. The van der Waals surface area contributed by atoms with E-state index in [-0.39, 0.29) is 12.5 Å². The van der Waals surface area contributed by atoms with Crippen molar-refractivity contribution in [1.29, 1.82) is 0 Å². The van der Waals surface area contributed by atoms with E-state index in [4.69, 9.17) is 9.15 Å². The molecule has 2 aromatic rings. The first-order chi connectivity index (χ1) is 10.5. The molecule has 0 saturated heterocycles. The van der Waals surface area contributed by atoms with Crippen molar-refractivity contribution in [1.82, 2.24) is 5.32 Å². The first-order valence-corrected chi connectivity index (χ1v) is 7.05. The fourth-order valence-corrected chi connectivity index (χ4v) is 2.11. The second-order valence-corrected chi connectivity index (χ2v) is 5.22. The fraction of sp³-hybridized carbons (Fsp3) is 0.294. The Morgan fingerprint density at radius 1 is 1.23 bits per heavy atom. The van der Waals surface area contributed by atoms with E-state index in [0.29, 0.717) is 11.3 Å². The van der Waals surface area contributed by atoms with E-state index in [0.717, 1.165) is 11.1 Å². The van der Waals surface area contributed by atoms with Crippen LogP contribution in [-0.2, 0) is 16.1 Å². The number of hydrogen-bond acceptors (Lipinski definition) is 4. The highest BCUT2D eigenvalue weighted by Crippen LogP contribution is 2.11. The normalized spacial score (nSPS) is 11.8. The van der Waals surface area contributed by atoms with Crippen LogP contribution in [0.3, 0.4) is 0 Å². The van der Waals surface area contributed by atoms with Gasteiger partial charge in [-0.2, -0.15) is 0 Å². The summed E-state index contributed by atoms with van der Waals surface area (Å²) in [7, 11) is 0. The molecule has 1 aromatic carbocycles. The monoisotopic (exact) mass is 301 g/mol. The zero-order chi connectivity index (χ0) is 16.1. The summed E-state index contributed by atoms with van der Waals surface area (Å²) in [5.74, 6) is -0.234. The van der Waals surface area contributed by atoms with Crippen LogP contribution in [0.2, 0.25) is 0 Å². The molecule has 1 N–H and O–H groups in total. The number of aryl methyl sites for hydroxylation is 2. The van der Waals surface area contributed by atoms with Gasteiger partial charge in [0.2, 0.25) is 0 Å². The number of carbonyl (C=O) groups is 2. The van der Waals surface area contributed by atoms with Crippen LogP contribution in [-0.4, -0.2) is 18.0 Å². The van der Waals surface area contributed by atoms with Crippen LogP contribution in [0.15, 0.2) is 41.0 Å². The van der Waals surface area contributed by atoms with Gasteiger partial charge in [0.1, 0.15) is 5.76 Å². The van der Waals surface area contributed by atoms with Gasteiger partial charge in [0.05, 0.1) is 18.4 Å². The molecule has 0 aliphatic rings. The van der Waals surface area contributed by atoms with Crippen molar-refractivity contribution in [2.24, 2.45) is 0 Å². The third kappa shape index (κ3) is 4.22. The van der Waals surface area contributed by atoms with Gasteiger partial charge in [-0.3, -0.25) is 4.79 Å². The summed E-state index contributed by atoms with van der Waals surface area (Å²) in [4.78, 5) is 24.0. The van der Waals surface area contributed by atoms with Crippen LogP contribution in [0.5, 0.6) is 0 Å². The SMILES string of the molecule is Cc1cc(C)cc(C(=O)O[C@H](C)C(=O)NCc2ccco2)c1. The molecule has 0 aliphatic carbocycles. The van der Waals surface area contributed by atoms with Crippen LogP contribution in [0.4, 0.5) is 0 Å². The lowest BCUT2D eigenvalue weighted by atomic mass is 10.1. The first-order valence-electron chi connectivity index (χ1n) is 7.05. The highest BCUT2D eigenvalue weighted by atomic mass is 16.5. The number of rotatable bonds is 5. The smallest absolute Gasteiger partial charge is 0.338 e. The molecule has 0 unspecified atom stereocenters. The number of carbonyl (C=O) groups excluding carboxylic acids is 2. The Bertz CT molecular complexity index is 641. The molecule has 0 spiro atoms. The summed E-state index contributed by atoms with van der Waals surface area (Å²) in [5.41, 5.74) is 2.40. The summed E-state index contributed by atoms with van der Waals surface area (Å²) >= 11 is 0. The van der Waals surface area contributed by atoms with Crippen LogP contribution in [0.25, 0.3) is 0 Å². The highest BCUT2D eigenvalue weighted by molar-refractivity contribution is 5.92. The molecule has 0 bridgehead atoms. The lowest BCUT2D eigenvalue weighted by Gasteiger charge is -2.13. The molecule has 1 amide bonds. The highest BCUT2D eigenvalue weighted by Gasteiger charge is 2.19. The van der Waals surface area contributed by atoms with E-state index in [2.05, 4.69) is 5.32 Å². The second-order valence-electron chi connectivity index (χ2n) is 5.22. The van der Waals surface area contributed by atoms with Gasteiger partial charge in [0.15, 0.2) is 6.10 Å². The van der Waals surface area contributed by atoms with E-state index in [9.17, 15) is 9.59 Å². The molecule has 5 heteroatoms. The number of nitrogens with one attached hydrogen (secondary N) is 1. The molecule has 0 aliphatic heterocycles. The molecular formula is C17H19NO4. The Hall–Kier alpha value is -2.56. The zero-order valence-corrected chi connectivity index (χ0v) is 12.9. The van der Waals surface area contributed by atoms with Gasteiger partial charge in [0, 0.05) is 0 Å². The third-order valence-electron chi connectivity index (χ3n) is 3.13. The van der Waals surface area contributed by atoms with Gasteiger partial charge in [-0.15, -0.1) is 0 Å². The third-order valence-corrected chi connectivity index (χ3v) is 3.13. The minimum Gasteiger partial charge on any atom is -0.467 e. The summed E-state index contributed by atoms with van der Waals surface area (Å²) in [6, 6.07) is 8.94. The predicted molar refractivity (Wildman–Crippen MR) is 81.3 cm³/mol. The molecule has 5 nitrogen and oxygen atoms in total. The maximum Gasteiger partial charge on any atom is 0.338 e. The molecule has 0 radical (unpaired) electrons. The quantitative estimate of drug-likeness (QED) is 0.862. The average molecular weight is 301 g/mol. The Morgan fingerprint density at radius 3 is 2.50 bits per heavy atom. The van der Waals surface area contributed by atoms with Crippen molar-refractivity contribution in [3.8, 4) is 0 Å². The number of hydrogen-bond donors (Lipinski definition) is 1. The van der Waals surface area contributed by atoms with Crippen molar-refractivity contribution in [2.75, 3.05) is 0 Å². The van der Waals surface area contributed by atoms with Gasteiger partial charge in [-0.1, -0.05) is 17.2 Å². The lowest BCUT2D eigenvalue weighted by Crippen LogP contribution is -2.35. The number of ether oxygens (including phenoxy) is 1. The van der Waals surface area contributed by atoms with E-state index in [1.165, 1.54) is 13.2 Å². The summed E-state index contributed by atoms with van der Waals surface area (Å²) in [5, 5.41) is 2.65. The van der Waals surface area contributed by atoms with Crippen LogP contribution in [0, 0.1) is 13.8 Å². The van der Waals surface area contributed by atoms with Gasteiger partial charge in [-0.25, -0.2) is 4.79 Å².